The molecule has 0 rings (SSSR count). The highest BCUT2D eigenvalue weighted by atomic mass is 16.3. The van der Waals surface area contributed by atoms with Gasteiger partial charge in [0.25, 0.3) is 6.47 Å². The number of carbonyl (C=O) groups is 3. The Bertz CT molecular complexity index is 313. The van der Waals surface area contributed by atoms with Gasteiger partial charge < -0.3 is 15.7 Å². The van der Waals surface area contributed by atoms with Crippen LogP contribution in [0.3, 0.4) is 0 Å². The lowest BCUT2D eigenvalue weighted by Crippen LogP contribution is -2.28. The SMILES string of the molecule is CC.CCCC(=O)NCCCCCNC(=O)CC(C)(C)C.O=CO. The third kappa shape index (κ3) is 28.6. The molecule has 0 saturated heterocycles. The largest absolute Gasteiger partial charge is 0.483 e. The molecule has 0 bridgehead atoms. The van der Waals surface area contributed by atoms with Gasteiger partial charge in [-0.2, -0.15) is 0 Å². The molecule has 0 aromatic heterocycles. The fourth-order valence-electron chi connectivity index (χ4n) is 1.74. The second-order valence-corrected chi connectivity index (χ2v) is 6.35. The van der Waals surface area contributed by atoms with E-state index in [9.17, 15) is 9.59 Å². The zero-order valence-electron chi connectivity index (χ0n) is 16.4. The zero-order chi connectivity index (χ0) is 19.4. The van der Waals surface area contributed by atoms with Crippen LogP contribution in [0.25, 0.3) is 0 Å². The molecule has 0 unspecified atom stereocenters. The Kier molecular flexibility index (Phi) is 22.1. The summed E-state index contributed by atoms with van der Waals surface area (Å²) in [5.41, 5.74) is 0.0492. The molecular weight excluding hydrogens is 308 g/mol. The molecule has 0 atom stereocenters. The maximum atomic E-state index is 11.5. The van der Waals surface area contributed by atoms with Crippen molar-refractivity contribution < 1.29 is 19.5 Å². The van der Waals surface area contributed by atoms with Crippen molar-refractivity contribution >= 4 is 18.3 Å². The van der Waals surface area contributed by atoms with E-state index in [0.29, 0.717) is 12.8 Å². The van der Waals surface area contributed by atoms with E-state index in [1.807, 2.05) is 20.8 Å². The Labute approximate surface area is 147 Å². The van der Waals surface area contributed by atoms with Gasteiger partial charge in [-0.05, 0) is 31.1 Å². The number of nitrogens with one attached hydrogen (secondary N) is 2. The van der Waals surface area contributed by atoms with Crippen molar-refractivity contribution in [3.63, 3.8) is 0 Å². The quantitative estimate of drug-likeness (QED) is 0.441. The molecule has 144 valence electrons. The van der Waals surface area contributed by atoms with Crippen molar-refractivity contribution in [2.75, 3.05) is 13.1 Å². The first-order chi connectivity index (χ1) is 11.3. The summed E-state index contributed by atoms with van der Waals surface area (Å²) in [6.45, 7) is 13.4. The van der Waals surface area contributed by atoms with Crippen molar-refractivity contribution in [3.8, 4) is 0 Å². The number of carbonyl (C=O) groups excluding carboxylic acids is 2. The highest BCUT2D eigenvalue weighted by Gasteiger charge is 2.14. The van der Waals surface area contributed by atoms with Crippen LogP contribution in [0.2, 0.25) is 0 Å². The van der Waals surface area contributed by atoms with Crippen molar-refractivity contribution in [2.45, 2.75) is 80.1 Å². The molecule has 0 spiro atoms. The lowest BCUT2D eigenvalue weighted by atomic mass is 9.92. The molecule has 0 aliphatic carbocycles. The molecule has 2 amide bonds. The minimum Gasteiger partial charge on any atom is -0.483 e. The molecular formula is C18H38N2O4. The molecule has 0 heterocycles. The van der Waals surface area contributed by atoms with E-state index in [0.717, 1.165) is 38.8 Å². The summed E-state index contributed by atoms with van der Waals surface area (Å²) in [4.78, 5) is 31.1. The van der Waals surface area contributed by atoms with Crippen molar-refractivity contribution in [2.24, 2.45) is 5.41 Å². The van der Waals surface area contributed by atoms with E-state index in [4.69, 9.17) is 9.90 Å². The summed E-state index contributed by atoms with van der Waals surface area (Å²) in [5, 5.41) is 12.7. The summed E-state index contributed by atoms with van der Waals surface area (Å²) >= 11 is 0. The van der Waals surface area contributed by atoms with Crippen LogP contribution < -0.4 is 10.6 Å². The topological polar surface area (TPSA) is 95.5 Å². The Hall–Kier alpha value is -1.59. The number of carboxylic acid groups (broad SMARTS) is 1. The highest BCUT2D eigenvalue weighted by Crippen LogP contribution is 2.17. The Morgan fingerprint density at radius 2 is 1.38 bits per heavy atom. The Morgan fingerprint density at radius 1 is 0.958 bits per heavy atom. The molecule has 6 heteroatoms. The maximum absolute atomic E-state index is 11.5. The molecule has 24 heavy (non-hydrogen) atoms. The number of hydrogen-bond acceptors (Lipinski definition) is 3. The van der Waals surface area contributed by atoms with Gasteiger partial charge in [0.2, 0.25) is 11.8 Å². The highest BCUT2D eigenvalue weighted by molar-refractivity contribution is 5.76. The van der Waals surface area contributed by atoms with Crippen LogP contribution in [0.15, 0.2) is 0 Å². The molecule has 0 fully saturated rings. The molecule has 3 N–H and O–H groups in total. The third-order valence-electron chi connectivity index (χ3n) is 2.67. The Balaban J connectivity index is -0.000000786. The van der Waals surface area contributed by atoms with Crippen molar-refractivity contribution in [1.82, 2.24) is 10.6 Å². The predicted octanol–water partition coefficient (Wildman–Crippen LogP) is 3.35. The fourth-order valence-corrected chi connectivity index (χ4v) is 1.74. The summed E-state index contributed by atoms with van der Waals surface area (Å²) in [6.07, 6.45) is 5.06. The van der Waals surface area contributed by atoms with Crippen LogP contribution in [0, 0.1) is 5.41 Å². The van der Waals surface area contributed by atoms with Gasteiger partial charge in [-0.3, -0.25) is 14.4 Å². The maximum Gasteiger partial charge on any atom is 0.290 e. The van der Waals surface area contributed by atoms with Gasteiger partial charge in [-0.25, -0.2) is 0 Å². The average Bonchev–Trinajstić information content (AvgIpc) is 2.47. The van der Waals surface area contributed by atoms with E-state index >= 15 is 0 Å². The molecule has 0 aliphatic rings. The van der Waals surface area contributed by atoms with Gasteiger partial charge >= 0.3 is 0 Å². The smallest absolute Gasteiger partial charge is 0.290 e. The van der Waals surface area contributed by atoms with E-state index in [1.54, 1.807) is 0 Å². The first-order valence-electron chi connectivity index (χ1n) is 8.88. The molecule has 0 saturated carbocycles. The van der Waals surface area contributed by atoms with Crippen LogP contribution >= 0.6 is 0 Å². The van der Waals surface area contributed by atoms with Gasteiger partial charge in [0.05, 0.1) is 0 Å². The molecule has 6 nitrogen and oxygen atoms in total. The van der Waals surface area contributed by atoms with E-state index in [1.165, 1.54) is 0 Å². The van der Waals surface area contributed by atoms with Crippen LogP contribution in [0.1, 0.15) is 80.1 Å². The normalized spacial score (nSPS) is 9.58. The second-order valence-electron chi connectivity index (χ2n) is 6.35. The van der Waals surface area contributed by atoms with Gasteiger partial charge in [0.15, 0.2) is 0 Å². The standard InChI is InChI=1S/C15H30N2O2.C2H6.CH2O2/c1-5-9-13(18)16-10-7-6-8-11-17-14(19)12-15(2,3)4;1-2;2-1-3/h5-12H2,1-4H3,(H,16,18)(H,17,19);1-2H3;1H,(H,2,3). The zero-order valence-corrected chi connectivity index (χ0v) is 16.4. The summed E-state index contributed by atoms with van der Waals surface area (Å²) < 4.78 is 0. The number of amides is 2. The summed E-state index contributed by atoms with van der Waals surface area (Å²) in [6, 6.07) is 0. The number of rotatable bonds is 9. The predicted molar refractivity (Wildman–Crippen MR) is 98.9 cm³/mol. The number of hydrogen-bond donors (Lipinski definition) is 3. The fraction of sp³-hybridized carbons (Fsp3) is 0.833. The minimum absolute atomic E-state index is 0.0492. The molecule has 0 aromatic rings. The molecule has 0 aromatic carbocycles. The minimum atomic E-state index is -0.250. The lowest BCUT2D eigenvalue weighted by molar-refractivity contribution is -0.123. The molecule has 0 aliphatic heterocycles. The summed E-state index contributed by atoms with van der Waals surface area (Å²) in [5.74, 6) is 0.268. The second kappa shape index (κ2) is 19.5. The number of unbranched alkanes of at least 4 members (excludes halogenated alkanes) is 2. The first-order valence-corrected chi connectivity index (χ1v) is 8.88. The van der Waals surface area contributed by atoms with Gasteiger partial charge in [0, 0.05) is 25.9 Å². The van der Waals surface area contributed by atoms with Gasteiger partial charge in [-0.1, -0.05) is 41.5 Å². The van der Waals surface area contributed by atoms with Crippen LogP contribution in [-0.2, 0) is 14.4 Å². The first kappa shape index (κ1) is 27.3. The third-order valence-corrected chi connectivity index (χ3v) is 2.67. The van der Waals surface area contributed by atoms with Crippen LogP contribution in [0.4, 0.5) is 0 Å². The monoisotopic (exact) mass is 346 g/mol. The van der Waals surface area contributed by atoms with Crippen molar-refractivity contribution in [3.05, 3.63) is 0 Å². The van der Waals surface area contributed by atoms with Crippen molar-refractivity contribution in [1.29, 1.82) is 0 Å². The Morgan fingerprint density at radius 3 is 1.75 bits per heavy atom. The van der Waals surface area contributed by atoms with Gasteiger partial charge in [0.1, 0.15) is 0 Å². The molecule has 0 radical (unpaired) electrons. The average molecular weight is 347 g/mol. The lowest BCUT2D eigenvalue weighted by Gasteiger charge is -2.17. The van der Waals surface area contributed by atoms with E-state index in [-0.39, 0.29) is 23.7 Å². The summed E-state index contributed by atoms with van der Waals surface area (Å²) in [7, 11) is 0. The van der Waals surface area contributed by atoms with Crippen LogP contribution in [0.5, 0.6) is 0 Å². The van der Waals surface area contributed by atoms with Gasteiger partial charge in [-0.15, -0.1) is 0 Å². The van der Waals surface area contributed by atoms with Crippen LogP contribution in [-0.4, -0.2) is 36.5 Å². The van der Waals surface area contributed by atoms with E-state index in [2.05, 4.69) is 31.4 Å². The van der Waals surface area contributed by atoms with E-state index < -0.39 is 0 Å².